The molecule has 4 rings (SSSR count). The van der Waals surface area contributed by atoms with Gasteiger partial charge >= 0.3 is 6.03 Å². The molecule has 8 heteroatoms. The van der Waals surface area contributed by atoms with Crippen LogP contribution in [-0.4, -0.2) is 69.0 Å². The molecule has 2 aliphatic rings. The molecule has 3 amide bonds. The molecule has 1 atom stereocenters. The van der Waals surface area contributed by atoms with E-state index in [1.807, 2.05) is 6.07 Å². The molecule has 0 spiro atoms. The number of pyridine rings is 1. The van der Waals surface area contributed by atoms with E-state index >= 15 is 0 Å². The molecular formula is C23H25N5O3. The van der Waals surface area contributed by atoms with Crippen molar-refractivity contribution < 1.29 is 14.7 Å². The predicted molar refractivity (Wildman–Crippen MR) is 113 cm³/mol. The number of nitrogens with zero attached hydrogens (tertiary/aromatic N) is 5. The third-order valence-electron chi connectivity index (χ3n) is 5.76. The molecule has 3 heterocycles. The van der Waals surface area contributed by atoms with Gasteiger partial charge in [-0.15, -0.1) is 0 Å². The number of benzene rings is 1. The summed E-state index contributed by atoms with van der Waals surface area (Å²) in [5.41, 5.74) is 4.81. The van der Waals surface area contributed by atoms with E-state index < -0.39 is 12.1 Å². The Morgan fingerprint density at radius 1 is 1.16 bits per heavy atom. The second-order valence-corrected chi connectivity index (χ2v) is 8.20. The van der Waals surface area contributed by atoms with Crippen LogP contribution in [0.1, 0.15) is 27.9 Å². The topological polar surface area (TPSA) is 101 Å². The maximum Gasteiger partial charge on any atom is 0.327 e. The smallest absolute Gasteiger partial charge is 0.327 e. The first-order valence-corrected chi connectivity index (χ1v) is 10.4. The molecule has 0 bridgehead atoms. The molecule has 8 nitrogen and oxygen atoms in total. The first-order valence-electron chi connectivity index (χ1n) is 10.4. The Morgan fingerprint density at radius 3 is 2.74 bits per heavy atom. The zero-order valence-electron chi connectivity index (χ0n) is 17.5. The molecule has 160 valence electrons. The van der Waals surface area contributed by atoms with Gasteiger partial charge in [-0.1, -0.05) is 23.8 Å². The fourth-order valence-electron chi connectivity index (χ4n) is 4.15. The van der Waals surface area contributed by atoms with Gasteiger partial charge in [0.2, 0.25) is 0 Å². The lowest BCUT2D eigenvalue weighted by atomic mass is 9.97. The van der Waals surface area contributed by atoms with Crippen molar-refractivity contribution in [1.29, 1.82) is 5.26 Å². The van der Waals surface area contributed by atoms with E-state index in [1.165, 1.54) is 27.8 Å². The van der Waals surface area contributed by atoms with E-state index in [0.717, 1.165) is 24.4 Å². The molecule has 2 aliphatic heterocycles. The molecule has 31 heavy (non-hydrogen) atoms. The van der Waals surface area contributed by atoms with Gasteiger partial charge in [0.15, 0.2) is 0 Å². The first-order chi connectivity index (χ1) is 14.9. The first kappa shape index (κ1) is 21.0. The van der Waals surface area contributed by atoms with Crippen LogP contribution in [0.5, 0.6) is 0 Å². The standard InChI is InChI=1S/C23H25N5O3/c1-16-2-4-18-6-7-26(11-19(18)8-16)13-21(29)14-27-15-22(30)28(23(27)31)12-20-5-3-17(9-24)10-25-20/h2-5,8,10,21,29H,6-7,11-15H2,1H3. The minimum Gasteiger partial charge on any atom is -0.390 e. The van der Waals surface area contributed by atoms with Crippen molar-refractivity contribution in [2.45, 2.75) is 32.5 Å². The Kier molecular flexibility index (Phi) is 5.98. The monoisotopic (exact) mass is 419 g/mol. The summed E-state index contributed by atoms with van der Waals surface area (Å²) in [6, 6.07) is 11.3. The molecule has 1 saturated heterocycles. The number of imide groups is 1. The summed E-state index contributed by atoms with van der Waals surface area (Å²) in [5.74, 6) is -0.314. The highest BCUT2D eigenvalue weighted by Gasteiger charge is 2.37. The van der Waals surface area contributed by atoms with Crippen molar-refractivity contribution in [3.05, 3.63) is 64.5 Å². The molecule has 1 N–H and O–H groups in total. The molecule has 1 unspecified atom stereocenters. The lowest BCUT2D eigenvalue weighted by molar-refractivity contribution is -0.125. The van der Waals surface area contributed by atoms with Gasteiger partial charge in [-0.25, -0.2) is 4.79 Å². The average Bonchev–Trinajstić information content (AvgIpc) is 3.01. The van der Waals surface area contributed by atoms with E-state index in [1.54, 1.807) is 12.1 Å². The number of hydrogen-bond donors (Lipinski definition) is 1. The maximum atomic E-state index is 12.7. The molecule has 0 radical (unpaired) electrons. The third-order valence-corrected chi connectivity index (χ3v) is 5.76. The van der Waals surface area contributed by atoms with Crippen LogP contribution in [0.4, 0.5) is 4.79 Å². The van der Waals surface area contributed by atoms with Gasteiger partial charge in [0, 0.05) is 25.8 Å². The van der Waals surface area contributed by atoms with Crippen LogP contribution >= 0.6 is 0 Å². The van der Waals surface area contributed by atoms with Gasteiger partial charge in [0.25, 0.3) is 5.91 Å². The predicted octanol–water partition coefficient (Wildman–Crippen LogP) is 1.45. The van der Waals surface area contributed by atoms with Crippen molar-refractivity contribution in [3.8, 4) is 6.07 Å². The number of β-amino-alcohol motifs (C(OH)–C–C–N with tert-alkyl or cyclic N) is 1. The quantitative estimate of drug-likeness (QED) is 0.711. The number of aromatic nitrogens is 1. The van der Waals surface area contributed by atoms with Crippen molar-refractivity contribution in [2.75, 3.05) is 26.2 Å². The number of hydrogen-bond acceptors (Lipinski definition) is 6. The van der Waals surface area contributed by atoms with Gasteiger partial charge in [0.1, 0.15) is 12.6 Å². The fourth-order valence-corrected chi connectivity index (χ4v) is 4.15. The number of amides is 3. The number of carbonyl (C=O) groups excluding carboxylic acids is 2. The van der Waals surface area contributed by atoms with E-state index in [9.17, 15) is 14.7 Å². The van der Waals surface area contributed by atoms with Crippen LogP contribution < -0.4 is 0 Å². The summed E-state index contributed by atoms with van der Waals surface area (Å²) in [5, 5.41) is 19.4. The van der Waals surface area contributed by atoms with E-state index in [0.29, 0.717) is 17.8 Å². The fraction of sp³-hybridized carbons (Fsp3) is 0.391. The Hall–Kier alpha value is -3.28. The van der Waals surface area contributed by atoms with E-state index in [4.69, 9.17) is 5.26 Å². The molecule has 0 saturated carbocycles. The summed E-state index contributed by atoms with van der Waals surface area (Å²) >= 11 is 0. The number of aliphatic hydroxyl groups is 1. The van der Waals surface area contributed by atoms with Gasteiger partial charge in [-0.05, 0) is 36.6 Å². The Balaban J connectivity index is 1.32. The van der Waals surface area contributed by atoms with E-state index in [2.05, 4.69) is 35.0 Å². The van der Waals surface area contributed by atoms with Gasteiger partial charge in [-0.2, -0.15) is 5.26 Å². The van der Waals surface area contributed by atoms with Gasteiger partial charge in [0.05, 0.1) is 30.5 Å². The molecule has 2 aromatic rings. The third kappa shape index (κ3) is 4.74. The van der Waals surface area contributed by atoms with E-state index in [-0.39, 0.29) is 25.5 Å². The number of aryl methyl sites for hydroxylation is 1. The van der Waals surface area contributed by atoms with Crippen LogP contribution in [0.3, 0.4) is 0 Å². The number of fused-ring (bicyclic) bond motifs is 1. The van der Waals surface area contributed by atoms with Crippen molar-refractivity contribution in [3.63, 3.8) is 0 Å². The number of carbonyl (C=O) groups is 2. The van der Waals surface area contributed by atoms with Crippen LogP contribution in [-0.2, 0) is 24.3 Å². The highest BCUT2D eigenvalue weighted by molar-refractivity contribution is 6.01. The summed E-state index contributed by atoms with van der Waals surface area (Å²) in [4.78, 5) is 33.9. The number of rotatable bonds is 6. The lowest BCUT2D eigenvalue weighted by Gasteiger charge is -2.31. The average molecular weight is 419 g/mol. The molecule has 1 aromatic carbocycles. The summed E-state index contributed by atoms with van der Waals surface area (Å²) in [6.45, 7) is 4.27. The Labute approximate surface area is 181 Å². The minimum atomic E-state index is -0.740. The Bertz CT molecular complexity index is 1030. The lowest BCUT2D eigenvalue weighted by Crippen LogP contribution is -2.43. The number of urea groups is 1. The highest BCUT2D eigenvalue weighted by atomic mass is 16.3. The zero-order valence-corrected chi connectivity index (χ0v) is 17.5. The molecule has 0 aliphatic carbocycles. The summed E-state index contributed by atoms with van der Waals surface area (Å²) in [6.07, 6.45) is 1.62. The number of aliphatic hydroxyl groups excluding tert-OH is 1. The van der Waals surface area contributed by atoms with Gasteiger partial charge < -0.3 is 10.0 Å². The second-order valence-electron chi connectivity index (χ2n) is 8.20. The highest BCUT2D eigenvalue weighted by Crippen LogP contribution is 2.21. The van der Waals surface area contributed by atoms with Crippen LogP contribution in [0.2, 0.25) is 0 Å². The van der Waals surface area contributed by atoms with Crippen molar-refractivity contribution >= 4 is 11.9 Å². The zero-order chi connectivity index (χ0) is 22.0. The van der Waals surface area contributed by atoms with Gasteiger partial charge in [-0.3, -0.25) is 19.6 Å². The molecule has 1 aromatic heterocycles. The SMILES string of the molecule is Cc1ccc2c(c1)CN(CC(O)CN1CC(=O)N(Cc3ccc(C#N)cn3)C1=O)CC2. The normalized spacial score (nSPS) is 17.6. The maximum absolute atomic E-state index is 12.7. The van der Waals surface area contributed by atoms with Crippen LogP contribution in [0.15, 0.2) is 36.5 Å². The molecule has 1 fully saturated rings. The van der Waals surface area contributed by atoms with Crippen LogP contribution in [0.25, 0.3) is 0 Å². The Morgan fingerprint density at radius 2 is 2.00 bits per heavy atom. The minimum absolute atomic E-state index is 0.0474. The molecular weight excluding hydrogens is 394 g/mol. The summed E-state index contributed by atoms with van der Waals surface area (Å²) < 4.78 is 0. The largest absolute Gasteiger partial charge is 0.390 e. The van der Waals surface area contributed by atoms with Crippen molar-refractivity contribution in [2.24, 2.45) is 0 Å². The van der Waals surface area contributed by atoms with Crippen LogP contribution in [0, 0.1) is 18.3 Å². The summed E-state index contributed by atoms with van der Waals surface area (Å²) in [7, 11) is 0. The van der Waals surface area contributed by atoms with Crippen molar-refractivity contribution in [1.82, 2.24) is 19.7 Å². The number of nitriles is 1. The second kappa shape index (κ2) is 8.84.